The van der Waals surface area contributed by atoms with Crippen LogP contribution >= 0.6 is 0 Å². The van der Waals surface area contributed by atoms with E-state index in [4.69, 9.17) is 4.74 Å². The van der Waals surface area contributed by atoms with Crippen LogP contribution in [-0.2, 0) is 12.8 Å². The van der Waals surface area contributed by atoms with Crippen LogP contribution in [0.5, 0.6) is 17.2 Å². The van der Waals surface area contributed by atoms with Crippen molar-refractivity contribution in [2.45, 2.75) is 40.5 Å². The standard InChI is InChI=1S/C29H34N2O3/c1-19(2)12-21-6-10-28(32)23(14-21)17-30-26-9-8-25(34-5)16-27(26)31-18-24-15-22(13-20(3)4)7-11-29(24)33/h6-11,14-20,32-33H,12-13H2,1-5H3. The van der Waals surface area contributed by atoms with Crippen LogP contribution in [0.3, 0.4) is 0 Å². The second kappa shape index (κ2) is 11.5. The number of phenolic OH excluding ortho intramolecular Hbond substituents is 2. The fraction of sp³-hybridized carbons (Fsp3) is 0.310. The molecule has 0 fully saturated rings. The van der Waals surface area contributed by atoms with E-state index in [1.54, 1.807) is 37.7 Å². The van der Waals surface area contributed by atoms with Crippen LogP contribution in [0.25, 0.3) is 0 Å². The molecule has 5 heteroatoms. The van der Waals surface area contributed by atoms with Gasteiger partial charge in [0.05, 0.1) is 18.5 Å². The summed E-state index contributed by atoms with van der Waals surface area (Å²) in [5.74, 6) is 2.06. The predicted octanol–water partition coefficient (Wildman–Crippen LogP) is 7.00. The third kappa shape index (κ3) is 6.95. The van der Waals surface area contributed by atoms with Crippen molar-refractivity contribution in [1.82, 2.24) is 0 Å². The molecule has 0 aliphatic heterocycles. The summed E-state index contributed by atoms with van der Waals surface area (Å²) < 4.78 is 5.37. The molecule has 2 N–H and O–H groups in total. The van der Waals surface area contributed by atoms with Crippen LogP contribution in [0.15, 0.2) is 64.6 Å². The first kappa shape index (κ1) is 25.0. The molecule has 3 aromatic rings. The molecule has 0 heterocycles. The number of benzene rings is 3. The van der Waals surface area contributed by atoms with Crippen LogP contribution in [0.4, 0.5) is 11.4 Å². The number of nitrogens with zero attached hydrogens (tertiary/aromatic N) is 2. The van der Waals surface area contributed by atoms with Gasteiger partial charge in [-0.25, -0.2) is 0 Å². The number of phenols is 2. The van der Waals surface area contributed by atoms with Gasteiger partial charge in [-0.15, -0.1) is 0 Å². The van der Waals surface area contributed by atoms with Crippen molar-refractivity contribution in [2.24, 2.45) is 21.8 Å². The van der Waals surface area contributed by atoms with Crippen molar-refractivity contribution >= 4 is 23.8 Å². The highest BCUT2D eigenvalue weighted by atomic mass is 16.5. The SMILES string of the molecule is COc1ccc(N=Cc2cc(CC(C)C)ccc2O)c(N=Cc2cc(CC(C)C)ccc2O)c1. The lowest BCUT2D eigenvalue weighted by Crippen LogP contribution is -1.95. The first-order chi connectivity index (χ1) is 16.2. The Kier molecular flexibility index (Phi) is 8.47. The highest BCUT2D eigenvalue weighted by Crippen LogP contribution is 2.33. The molecule has 0 amide bonds. The average molecular weight is 459 g/mol. The highest BCUT2D eigenvalue weighted by Gasteiger charge is 2.07. The maximum atomic E-state index is 10.3. The van der Waals surface area contributed by atoms with Gasteiger partial charge in [0, 0.05) is 29.6 Å². The van der Waals surface area contributed by atoms with Crippen LogP contribution < -0.4 is 4.74 Å². The van der Waals surface area contributed by atoms with E-state index in [2.05, 4.69) is 37.7 Å². The van der Waals surface area contributed by atoms with Crippen molar-refractivity contribution in [2.75, 3.05) is 7.11 Å². The lowest BCUT2D eigenvalue weighted by Gasteiger charge is -2.08. The lowest BCUT2D eigenvalue weighted by atomic mass is 10.0. The van der Waals surface area contributed by atoms with Crippen LogP contribution in [0.2, 0.25) is 0 Å². The third-order valence-corrected chi connectivity index (χ3v) is 5.34. The number of hydrogen-bond donors (Lipinski definition) is 2. The normalized spacial score (nSPS) is 11.9. The molecule has 5 nitrogen and oxygen atoms in total. The maximum absolute atomic E-state index is 10.3. The molecule has 0 radical (unpaired) electrons. The van der Waals surface area contributed by atoms with Gasteiger partial charge in [0.25, 0.3) is 0 Å². The third-order valence-electron chi connectivity index (χ3n) is 5.34. The van der Waals surface area contributed by atoms with Gasteiger partial charge in [-0.3, -0.25) is 9.98 Å². The van der Waals surface area contributed by atoms with Crippen LogP contribution in [0, 0.1) is 11.8 Å². The van der Waals surface area contributed by atoms with E-state index in [9.17, 15) is 10.2 Å². The first-order valence-electron chi connectivity index (χ1n) is 11.6. The number of aromatic hydroxyl groups is 2. The molecule has 0 aliphatic rings. The van der Waals surface area contributed by atoms with E-state index in [0.717, 1.165) is 24.0 Å². The molecule has 0 aromatic heterocycles. The van der Waals surface area contributed by atoms with E-state index in [1.165, 1.54) is 0 Å². The van der Waals surface area contributed by atoms with Crippen molar-refractivity contribution < 1.29 is 14.9 Å². The summed E-state index contributed by atoms with van der Waals surface area (Å²) in [7, 11) is 1.60. The molecule has 3 aromatic carbocycles. The Morgan fingerprint density at radius 1 is 0.706 bits per heavy atom. The van der Waals surface area contributed by atoms with Crippen LogP contribution in [0.1, 0.15) is 49.9 Å². The smallest absolute Gasteiger partial charge is 0.124 e. The molecule has 0 saturated carbocycles. The van der Waals surface area contributed by atoms with Gasteiger partial charge >= 0.3 is 0 Å². The lowest BCUT2D eigenvalue weighted by molar-refractivity contribution is 0.415. The number of hydrogen-bond acceptors (Lipinski definition) is 5. The van der Waals surface area contributed by atoms with Crippen molar-refractivity contribution in [3.8, 4) is 17.2 Å². The number of methoxy groups -OCH3 is 1. The molecule has 0 saturated heterocycles. The maximum Gasteiger partial charge on any atom is 0.124 e. The minimum Gasteiger partial charge on any atom is -0.507 e. The summed E-state index contributed by atoms with van der Waals surface area (Å²) in [6.45, 7) is 8.66. The Morgan fingerprint density at radius 2 is 1.21 bits per heavy atom. The van der Waals surface area contributed by atoms with E-state index in [0.29, 0.717) is 40.1 Å². The number of aliphatic imine (C=N–C) groups is 2. The second-order valence-corrected chi connectivity index (χ2v) is 9.35. The van der Waals surface area contributed by atoms with E-state index < -0.39 is 0 Å². The largest absolute Gasteiger partial charge is 0.507 e. The Labute approximate surface area is 202 Å². The topological polar surface area (TPSA) is 74.4 Å². The molecular formula is C29H34N2O3. The van der Waals surface area contributed by atoms with E-state index >= 15 is 0 Å². The van der Waals surface area contributed by atoms with Gasteiger partial charge in [0.2, 0.25) is 0 Å². The summed E-state index contributed by atoms with van der Waals surface area (Å²) in [5.41, 5.74) is 4.83. The molecule has 0 spiro atoms. The van der Waals surface area contributed by atoms with E-state index in [1.807, 2.05) is 36.4 Å². The highest BCUT2D eigenvalue weighted by molar-refractivity contribution is 5.90. The summed E-state index contributed by atoms with van der Waals surface area (Å²) in [5, 5.41) is 20.6. The van der Waals surface area contributed by atoms with Crippen molar-refractivity contribution in [3.63, 3.8) is 0 Å². The molecule has 0 unspecified atom stereocenters. The van der Waals surface area contributed by atoms with Crippen molar-refractivity contribution in [3.05, 3.63) is 76.9 Å². The Balaban J connectivity index is 1.94. The van der Waals surface area contributed by atoms with Gasteiger partial charge in [0.15, 0.2) is 0 Å². The van der Waals surface area contributed by atoms with Crippen LogP contribution in [-0.4, -0.2) is 29.8 Å². The molecular weight excluding hydrogens is 424 g/mol. The molecule has 0 atom stereocenters. The molecule has 3 rings (SSSR count). The zero-order valence-electron chi connectivity index (χ0n) is 20.6. The van der Waals surface area contributed by atoms with Gasteiger partial charge in [-0.05, 0) is 72.2 Å². The first-order valence-corrected chi connectivity index (χ1v) is 11.6. The summed E-state index contributed by atoms with van der Waals surface area (Å²) in [6.07, 6.45) is 5.15. The molecule has 34 heavy (non-hydrogen) atoms. The average Bonchev–Trinajstić information content (AvgIpc) is 2.79. The van der Waals surface area contributed by atoms with Crippen molar-refractivity contribution in [1.29, 1.82) is 0 Å². The Morgan fingerprint density at radius 3 is 1.68 bits per heavy atom. The monoisotopic (exact) mass is 458 g/mol. The Bertz CT molecular complexity index is 1180. The fourth-order valence-electron chi connectivity index (χ4n) is 3.73. The summed E-state index contributed by atoms with van der Waals surface area (Å²) in [6, 6.07) is 16.7. The molecule has 0 aliphatic carbocycles. The Hall–Kier alpha value is -3.60. The van der Waals surface area contributed by atoms with Gasteiger partial charge in [0.1, 0.15) is 17.2 Å². The zero-order chi connectivity index (χ0) is 24.7. The molecule has 178 valence electrons. The summed E-state index contributed by atoms with van der Waals surface area (Å²) >= 11 is 0. The van der Waals surface area contributed by atoms with E-state index in [-0.39, 0.29) is 11.5 Å². The predicted molar refractivity (Wildman–Crippen MR) is 141 cm³/mol. The van der Waals surface area contributed by atoms with Gasteiger partial charge < -0.3 is 14.9 Å². The minimum atomic E-state index is 0.177. The quantitative estimate of drug-likeness (QED) is 0.339. The van der Waals surface area contributed by atoms with Gasteiger partial charge in [-0.2, -0.15) is 0 Å². The fourth-order valence-corrected chi connectivity index (χ4v) is 3.73. The molecule has 0 bridgehead atoms. The minimum absolute atomic E-state index is 0.177. The zero-order valence-corrected chi connectivity index (χ0v) is 20.6. The summed E-state index contributed by atoms with van der Waals surface area (Å²) in [4.78, 5) is 9.22. The van der Waals surface area contributed by atoms with Gasteiger partial charge in [-0.1, -0.05) is 39.8 Å². The number of rotatable bonds is 9. The number of ether oxygens (including phenoxy) is 1. The second-order valence-electron chi connectivity index (χ2n) is 9.35.